The van der Waals surface area contributed by atoms with Crippen LogP contribution in [0.25, 0.3) is 0 Å². The van der Waals surface area contributed by atoms with Gasteiger partial charge in [-0.3, -0.25) is 4.79 Å². The fourth-order valence-corrected chi connectivity index (χ4v) is 3.17. The molecule has 0 bridgehead atoms. The number of ketones is 1. The number of Topliss-reactive ketones (excluding diaryl/α,β-unsaturated/α-hetero) is 1. The Morgan fingerprint density at radius 2 is 1.31 bits per heavy atom. The molecule has 0 amide bonds. The van der Waals surface area contributed by atoms with Gasteiger partial charge < -0.3 is 80.6 Å². The standard InChI is InChI=1S/C12H22O11.C6H12O6/c13-1-3-5(15)6(16)9(19)12(22-3)23-10-4(2-14)21-11(20)8(18)7(10)17;7-1-3(9)5(11)6(12)4(10)2-8/h3-20H,1-2H2;3,5-9,11-12H,1-2H2/t3-,4-,5-,6+,7-,8-,9-,10-,11-,12+;3-,5+,6+/m10/s1. The fraction of sp³-hybridized carbons (Fsp3) is 0.944. The second-order valence-electron chi connectivity index (χ2n) is 7.84. The monoisotopic (exact) mass is 522 g/mol. The summed E-state index contributed by atoms with van der Waals surface area (Å²) in [5, 5.41) is 120. The highest BCUT2D eigenvalue weighted by Crippen LogP contribution is 2.28. The third-order valence-corrected chi connectivity index (χ3v) is 5.37. The maximum absolute atomic E-state index is 10.5. The van der Waals surface area contributed by atoms with Gasteiger partial charge in [0.05, 0.1) is 19.8 Å². The molecule has 17 heteroatoms. The van der Waals surface area contributed by atoms with Crippen LogP contribution >= 0.6 is 0 Å². The Balaban J connectivity index is 0.000000434. The molecule has 17 nitrogen and oxygen atoms in total. The Bertz CT molecular complexity index is 620. The van der Waals surface area contributed by atoms with Crippen molar-refractivity contribution in [2.24, 2.45) is 0 Å². The van der Waals surface area contributed by atoms with Crippen molar-refractivity contribution in [3.63, 3.8) is 0 Å². The van der Waals surface area contributed by atoms with E-state index in [-0.39, 0.29) is 0 Å². The maximum atomic E-state index is 10.5. The third kappa shape index (κ3) is 8.01. The molecular formula is C18H34O17. The van der Waals surface area contributed by atoms with Crippen molar-refractivity contribution in [3.8, 4) is 0 Å². The average molecular weight is 522 g/mol. The summed E-state index contributed by atoms with van der Waals surface area (Å²) in [5.41, 5.74) is 0. The average Bonchev–Trinajstić information content (AvgIpc) is 2.87. The van der Waals surface area contributed by atoms with Gasteiger partial charge >= 0.3 is 0 Å². The minimum atomic E-state index is -1.86. The lowest BCUT2D eigenvalue weighted by molar-refractivity contribution is -0.355. The largest absolute Gasteiger partial charge is 0.394 e. The summed E-state index contributed by atoms with van der Waals surface area (Å²) in [6, 6.07) is 0. The van der Waals surface area contributed by atoms with Gasteiger partial charge in [0.2, 0.25) is 0 Å². The van der Waals surface area contributed by atoms with Gasteiger partial charge in [0.1, 0.15) is 73.8 Å². The molecule has 0 radical (unpaired) electrons. The predicted molar refractivity (Wildman–Crippen MR) is 106 cm³/mol. The first-order chi connectivity index (χ1) is 16.4. The van der Waals surface area contributed by atoms with E-state index in [1.807, 2.05) is 0 Å². The van der Waals surface area contributed by atoms with E-state index < -0.39 is 112 Å². The Labute approximate surface area is 198 Å². The molecule has 0 aromatic rings. The molecule has 2 heterocycles. The Hall–Kier alpha value is -0.970. The molecule has 0 saturated carbocycles. The highest BCUT2D eigenvalue weighted by Gasteiger charge is 2.50. The topological polar surface area (TPSA) is 308 Å². The normalized spacial score (nSPS) is 40.3. The summed E-state index contributed by atoms with van der Waals surface area (Å²) in [6.07, 6.45) is -20.8. The van der Waals surface area contributed by atoms with E-state index in [9.17, 15) is 40.5 Å². The van der Waals surface area contributed by atoms with Crippen molar-refractivity contribution in [2.75, 3.05) is 26.4 Å². The minimum Gasteiger partial charge on any atom is -0.394 e. The number of carbonyl (C=O) groups is 1. The lowest BCUT2D eigenvalue weighted by atomic mass is 9.97. The van der Waals surface area contributed by atoms with Crippen LogP contribution in [0.2, 0.25) is 0 Å². The fourth-order valence-electron chi connectivity index (χ4n) is 3.17. The zero-order chi connectivity index (χ0) is 27.0. The number of ether oxygens (including phenoxy) is 3. The molecule has 208 valence electrons. The SMILES string of the molecule is O=C(CO)[C@@H](O)[C@H](O)[C@@H](O)CO.OC[C@H]1O[C@@H](O[C@H]2[C@H](O)[C@@H](O)[C@H](O)O[C@@H]2CO)[C@H](O)[C@@H](O)[C@@H]1O. The van der Waals surface area contributed by atoms with E-state index in [0.717, 1.165) is 0 Å². The second kappa shape index (κ2) is 14.7. The molecule has 2 fully saturated rings. The van der Waals surface area contributed by atoms with Gasteiger partial charge in [0.15, 0.2) is 18.4 Å². The molecule has 13 atom stereocenters. The van der Waals surface area contributed by atoms with Crippen molar-refractivity contribution in [1.82, 2.24) is 0 Å². The number of aliphatic hydroxyl groups excluding tert-OH is 13. The molecule has 2 rings (SSSR count). The van der Waals surface area contributed by atoms with E-state index in [2.05, 4.69) is 0 Å². The Morgan fingerprint density at radius 3 is 1.80 bits per heavy atom. The van der Waals surface area contributed by atoms with Crippen LogP contribution in [-0.2, 0) is 19.0 Å². The number of aliphatic hydroxyl groups is 13. The molecule has 0 aromatic carbocycles. The van der Waals surface area contributed by atoms with Crippen molar-refractivity contribution in [2.45, 2.75) is 79.7 Å². The Kier molecular flexibility index (Phi) is 13.5. The first-order valence-corrected chi connectivity index (χ1v) is 10.4. The molecule has 0 unspecified atom stereocenters. The van der Waals surface area contributed by atoms with Crippen LogP contribution in [-0.4, -0.2) is 178 Å². The van der Waals surface area contributed by atoms with Crippen LogP contribution in [0.3, 0.4) is 0 Å². The molecule has 0 spiro atoms. The van der Waals surface area contributed by atoms with Gasteiger partial charge in [0, 0.05) is 0 Å². The van der Waals surface area contributed by atoms with Gasteiger partial charge in [-0.05, 0) is 0 Å². The van der Waals surface area contributed by atoms with Crippen molar-refractivity contribution in [1.29, 1.82) is 0 Å². The highest BCUT2D eigenvalue weighted by molar-refractivity contribution is 5.84. The lowest BCUT2D eigenvalue weighted by Gasteiger charge is -2.45. The minimum absolute atomic E-state index is 0.667. The highest BCUT2D eigenvalue weighted by atomic mass is 16.7. The zero-order valence-electron chi connectivity index (χ0n) is 18.3. The molecule has 0 aliphatic carbocycles. The van der Waals surface area contributed by atoms with E-state index in [1.54, 1.807) is 0 Å². The summed E-state index contributed by atoms with van der Waals surface area (Å²) in [6.45, 7) is -3.03. The number of carbonyl (C=O) groups excluding carboxylic acids is 1. The number of hydrogen-bond acceptors (Lipinski definition) is 17. The van der Waals surface area contributed by atoms with Crippen molar-refractivity contribution < 1.29 is 85.4 Å². The summed E-state index contributed by atoms with van der Waals surface area (Å²) in [7, 11) is 0. The Morgan fingerprint density at radius 1 is 0.743 bits per heavy atom. The van der Waals surface area contributed by atoms with E-state index in [0.29, 0.717) is 0 Å². The molecule has 2 saturated heterocycles. The smallest absolute Gasteiger partial charge is 0.189 e. The summed E-state index contributed by atoms with van der Waals surface area (Å²) >= 11 is 0. The molecule has 35 heavy (non-hydrogen) atoms. The molecule has 13 N–H and O–H groups in total. The van der Waals surface area contributed by atoms with Crippen molar-refractivity contribution in [3.05, 3.63) is 0 Å². The summed E-state index contributed by atoms with van der Waals surface area (Å²) < 4.78 is 15.3. The third-order valence-electron chi connectivity index (χ3n) is 5.37. The predicted octanol–water partition coefficient (Wildman–Crippen LogP) is -8.77. The van der Waals surface area contributed by atoms with E-state index in [1.165, 1.54) is 0 Å². The molecule has 0 aromatic heterocycles. The molecular weight excluding hydrogens is 488 g/mol. The van der Waals surface area contributed by atoms with E-state index >= 15 is 0 Å². The second-order valence-corrected chi connectivity index (χ2v) is 7.84. The quantitative estimate of drug-likeness (QED) is 0.134. The van der Waals surface area contributed by atoms with Crippen LogP contribution in [0, 0.1) is 0 Å². The van der Waals surface area contributed by atoms with Gasteiger partial charge in [-0.15, -0.1) is 0 Å². The van der Waals surface area contributed by atoms with Gasteiger partial charge in [0.25, 0.3) is 0 Å². The van der Waals surface area contributed by atoms with Crippen LogP contribution in [0.1, 0.15) is 0 Å². The number of hydrogen-bond donors (Lipinski definition) is 13. The van der Waals surface area contributed by atoms with Gasteiger partial charge in [-0.2, -0.15) is 0 Å². The number of rotatable bonds is 9. The van der Waals surface area contributed by atoms with Crippen LogP contribution in [0.5, 0.6) is 0 Å². The van der Waals surface area contributed by atoms with Gasteiger partial charge in [-0.1, -0.05) is 0 Å². The molecule has 2 aliphatic heterocycles. The molecule has 2 aliphatic rings. The first-order valence-electron chi connectivity index (χ1n) is 10.4. The maximum Gasteiger partial charge on any atom is 0.189 e. The summed E-state index contributed by atoms with van der Waals surface area (Å²) in [4.78, 5) is 10.5. The van der Waals surface area contributed by atoms with Crippen LogP contribution < -0.4 is 0 Å². The van der Waals surface area contributed by atoms with E-state index in [4.69, 9.17) is 44.8 Å². The lowest BCUT2D eigenvalue weighted by Crippen LogP contribution is -2.64. The van der Waals surface area contributed by atoms with Gasteiger partial charge in [-0.25, -0.2) is 0 Å². The van der Waals surface area contributed by atoms with Crippen LogP contribution in [0.4, 0.5) is 0 Å². The zero-order valence-corrected chi connectivity index (χ0v) is 18.3. The van der Waals surface area contributed by atoms with Crippen LogP contribution in [0.15, 0.2) is 0 Å². The summed E-state index contributed by atoms with van der Waals surface area (Å²) in [5.74, 6) is -1.00. The first kappa shape index (κ1) is 32.1. The van der Waals surface area contributed by atoms with Crippen molar-refractivity contribution >= 4 is 5.78 Å².